The highest BCUT2D eigenvalue weighted by atomic mass is 127. The van der Waals surface area contributed by atoms with E-state index in [2.05, 4.69) is 32.8 Å². The van der Waals surface area contributed by atoms with E-state index in [0.29, 0.717) is 0 Å². The summed E-state index contributed by atoms with van der Waals surface area (Å²) in [5.74, 6) is 0. The first-order chi connectivity index (χ1) is 4.39. The van der Waals surface area contributed by atoms with Crippen molar-refractivity contribution in [1.29, 1.82) is 0 Å². The summed E-state index contributed by atoms with van der Waals surface area (Å²) < 4.78 is 0.931. The SMILES string of the molecule is CC.Ic1cccnn1. The van der Waals surface area contributed by atoms with E-state index in [1.807, 2.05) is 26.0 Å². The van der Waals surface area contributed by atoms with Gasteiger partial charge in [0.1, 0.15) is 3.70 Å². The van der Waals surface area contributed by atoms with E-state index in [1.54, 1.807) is 6.20 Å². The van der Waals surface area contributed by atoms with Gasteiger partial charge in [0.05, 0.1) is 0 Å². The van der Waals surface area contributed by atoms with Crippen LogP contribution < -0.4 is 0 Å². The Morgan fingerprint density at radius 2 is 2.11 bits per heavy atom. The summed E-state index contributed by atoms with van der Waals surface area (Å²) >= 11 is 2.11. The highest BCUT2D eigenvalue weighted by molar-refractivity contribution is 14.1. The molecule has 0 amide bonds. The molecule has 1 aromatic heterocycles. The van der Waals surface area contributed by atoms with E-state index in [4.69, 9.17) is 0 Å². The molecule has 0 spiro atoms. The van der Waals surface area contributed by atoms with Crippen molar-refractivity contribution in [2.24, 2.45) is 0 Å². The van der Waals surface area contributed by atoms with Gasteiger partial charge in [0.25, 0.3) is 0 Å². The van der Waals surface area contributed by atoms with E-state index in [9.17, 15) is 0 Å². The van der Waals surface area contributed by atoms with E-state index >= 15 is 0 Å². The van der Waals surface area contributed by atoms with Gasteiger partial charge in [0.15, 0.2) is 0 Å². The molecule has 0 aromatic carbocycles. The van der Waals surface area contributed by atoms with Crippen LogP contribution in [0.15, 0.2) is 18.3 Å². The number of rotatable bonds is 0. The molecule has 9 heavy (non-hydrogen) atoms. The van der Waals surface area contributed by atoms with Gasteiger partial charge < -0.3 is 0 Å². The molecule has 0 saturated heterocycles. The van der Waals surface area contributed by atoms with Crippen molar-refractivity contribution >= 4 is 22.6 Å². The van der Waals surface area contributed by atoms with Crippen LogP contribution in [-0.4, -0.2) is 10.2 Å². The summed E-state index contributed by atoms with van der Waals surface area (Å²) in [6, 6.07) is 3.75. The van der Waals surface area contributed by atoms with Crippen LogP contribution in [0, 0.1) is 3.70 Å². The van der Waals surface area contributed by atoms with Gasteiger partial charge in [-0.3, -0.25) is 0 Å². The minimum Gasteiger partial charge on any atom is -0.158 e. The van der Waals surface area contributed by atoms with Crippen LogP contribution in [0.3, 0.4) is 0 Å². The number of hydrogen-bond donors (Lipinski definition) is 0. The summed E-state index contributed by atoms with van der Waals surface area (Å²) in [7, 11) is 0. The first-order valence-corrected chi connectivity index (χ1v) is 3.90. The molecular formula is C6H9IN2. The molecule has 0 bridgehead atoms. The molecule has 1 rings (SSSR count). The van der Waals surface area contributed by atoms with Crippen molar-refractivity contribution in [2.75, 3.05) is 0 Å². The zero-order valence-electron chi connectivity index (χ0n) is 5.50. The van der Waals surface area contributed by atoms with Crippen LogP contribution in [0.5, 0.6) is 0 Å². The summed E-state index contributed by atoms with van der Waals surface area (Å²) in [6.07, 6.45) is 1.65. The molecule has 0 saturated carbocycles. The molecule has 0 unspecified atom stereocenters. The number of halogens is 1. The summed E-state index contributed by atoms with van der Waals surface area (Å²) in [5, 5.41) is 7.34. The minimum atomic E-state index is 0.931. The fourth-order valence-corrected chi connectivity index (χ4v) is 0.615. The molecule has 3 heteroatoms. The first-order valence-electron chi connectivity index (χ1n) is 2.83. The Kier molecular flexibility index (Phi) is 5.81. The van der Waals surface area contributed by atoms with Crippen LogP contribution in [0.1, 0.15) is 13.8 Å². The second-order valence-corrected chi connectivity index (χ2v) is 2.15. The topological polar surface area (TPSA) is 25.8 Å². The zero-order chi connectivity index (χ0) is 7.11. The van der Waals surface area contributed by atoms with Crippen LogP contribution in [0.2, 0.25) is 0 Å². The third-order valence-electron chi connectivity index (χ3n) is 0.540. The Bertz CT molecular complexity index is 141. The highest BCUT2D eigenvalue weighted by Crippen LogP contribution is 1.92. The molecule has 0 aliphatic rings. The lowest BCUT2D eigenvalue weighted by Crippen LogP contribution is -1.79. The van der Waals surface area contributed by atoms with E-state index in [0.717, 1.165) is 3.70 Å². The van der Waals surface area contributed by atoms with Crippen molar-refractivity contribution in [3.05, 3.63) is 22.0 Å². The molecule has 0 fully saturated rings. The Balaban J connectivity index is 0.000000291. The van der Waals surface area contributed by atoms with E-state index < -0.39 is 0 Å². The largest absolute Gasteiger partial charge is 0.158 e. The highest BCUT2D eigenvalue weighted by Gasteiger charge is 1.77. The van der Waals surface area contributed by atoms with Gasteiger partial charge in [0.2, 0.25) is 0 Å². The maximum absolute atomic E-state index is 3.72. The van der Waals surface area contributed by atoms with Crippen LogP contribution in [-0.2, 0) is 0 Å². The van der Waals surface area contributed by atoms with E-state index in [-0.39, 0.29) is 0 Å². The van der Waals surface area contributed by atoms with Crippen LogP contribution in [0.25, 0.3) is 0 Å². The number of hydrogen-bond acceptors (Lipinski definition) is 2. The molecule has 2 nitrogen and oxygen atoms in total. The Morgan fingerprint density at radius 3 is 2.33 bits per heavy atom. The second-order valence-electron chi connectivity index (χ2n) is 1.05. The lowest BCUT2D eigenvalue weighted by Gasteiger charge is -1.78. The predicted molar refractivity (Wildman–Crippen MR) is 46.1 cm³/mol. The Morgan fingerprint density at radius 1 is 1.44 bits per heavy atom. The fraction of sp³-hybridized carbons (Fsp3) is 0.333. The molecule has 1 heterocycles. The average molecular weight is 236 g/mol. The van der Waals surface area contributed by atoms with Gasteiger partial charge in [0, 0.05) is 6.20 Å². The van der Waals surface area contributed by atoms with Crippen molar-refractivity contribution in [2.45, 2.75) is 13.8 Å². The standard InChI is InChI=1S/C4H3IN2.C2H6/c5-4-2-1-3-6-7-4;1-2/h1-3H;1-2H3. The molecule has 0 atom stereocenters. The van der Waals surface area contributed by atoms with Crippen molar-refractivity contribution in [3.8, 4) is 0 Å². The fourth-order valence-electron chi connectivity index (χ4n) is 0.283. The van der Waals surface area contributed by atoms with Gasteiger partial charge in [-0.25, -0.2) is 0 Å². The Hall–Kier alpha value is -0.190. The van der Waals surface area contributed by atoms with E-state index in [1.165, 1.54) is 0 Å². The van der Waals surface area contributed by atoms with Crippen molar-refractivity contribution in [3.63, 3.8) is 0 Å². The molecule has 0 aliphatic carbocycles. The Labute approximate surface area is 68.8 Å². The van der Waals surface area contributed by atoms with Gasteiger partial charge in [-0.05, 0) is 34.7 Å². The number of aromatic nitrogens is 2. The smallest absolute Gasteiger partial charge is 0.123 e. The monoisotopic (exact) mass is 236 g/mol. The quantitative estimate of drug-likeness (QED) is 0.644. The third kappa shape index (κ3) is 4.32. The van der Waals surface area contributed by atoms with Crippen LogP contribution in [0.4, 0.5) is 0 Å². The molecule has 0 aliphatic heterocycles. The zero-order valence-corrected chi connectivity index (χ0v) is 7.66. The molecular weight excluding hydrogens is 227 g/mol. The summed E-state index contributed by atoms with van der Waals surface area (Å²) in [5.41, 5.74) is 0. The summed E-state index contributed by atoms with van der Waals surface area (Å²) in [4.78, 5) is 0. The lowest BCUT2D eigenvalue weighted by atomic mass is 10.6. The van der Waals surface area contributed by atoms with Gasteiger partial charge >= 0.3 is 0 Å². The predicted octanol–water partition coefficient (Wildman–Crippen LogP) is 2.11. The minimum absolute atomic E-state index is 0.931. The maximum atomic E-state index is 3.72. The van der Waals surface area contributed by atoms with Gasteiger partial charge in [-0.15, -0.1) is 5.10 Å². The van der Waals surface area contributed by atoms with Gasteiger partial charge in [-0.1, -0.05) is 13.8 Å². The summed E-state index contributed by atoms with van der Waals surface area (Å²) in [6.45, 7) is 4.00. The molecule has 0 radical (unpaired) electrons. The van der Waals surface area contributed by atoms with Crippen molar-refractivity contribution in [1.82, 2.24) is 10.2 Å². The average Bonchev–Trinajstić information content (AvgIpc) is 1.94. The first kappa shape index (κ1) is 8.81. The molecule has 1 aromatic rings. The second kappa shape index (κ2) is 5.94. The van der Waals surface area contributed by atoms with Crippen molar-refractivity contribution < 1.29 is 0 Å². The third-order valence-corrected chi connectivity index (χ3v) is 1.12. The van der Waals surface area contributed by atoms with Crippen LogP contribution >= 0.6 is 22.6 Å². The maximum Gasteiger partial charge on any atom is 0.123 e. The number of nitrogens with zero attached hydrogens (tertiary/aromatic N) is 2. The van der Waals surface area contributed by atoms with Gasteiger partial charge in [-0.2, -0.15) is 5.10 Å². The molecule has 50 valence electrons. The lowest BCUT2D eigenvalue weighted by molar-refractivity contribution is 1.00. The molecule has 0 N–H and O–H groups in total. The normalized spacial score (nSPS) is 7.44.